The molecule has 0 spiro atoms. The number of methoxy groups -OCH3 is 1. The van der Waals surface area contributed by atoms with Crippen LogP contribution in [-0.2, 0) is 27.3 Å². The molecule has 8 aromatic rings. The molecule has 0 N–H and O–H groups in total. The summed E-state index contributed by atoms with van der Waals surface area (Å²) in [4.78, 5) is 4.34. The van der Waals surface area contributed by atoms with E-state index in [1.807, 2.05) is 108 Å². The quantitative estimate of drug-likeness (QED) is 0.0278. The first-order valence-corrected chi connectivity index (χ1v) is 39.4. The Kier molecular flexibility index (Phi) is 122. The molecule has 0 heterocycles. The van der Waals surface area contributed by atoms with Crippen molar-refractivity contribution in [2.24, 2.45) is 0 Å². The van der Waals surface area contributed by atoms with Crippen LogP contribution in [-0.4, -0.2) is 64.6 Å². The Labute approximate surface area is 781 Å². The first-order valence-electron chi connectivity index (χ1n) is 37.7. The molecule has 704 valence electrons. The van der Waals surface area contributed by atoms with Crippen LogP contribution in [0.4, 0.5) is 0 Å². The summed E-state index contributed by atoms with van der Waals surface area (Å²) >= 11 is 10.9. The average molecular weight is 1760 g/mol. The number of rotatable bonds is 28. The third-order valence-corrected chi connectivity index (χ3v) is 20.4. The third-order valence-electron chi connectivity index (χ3n) is 19.9. The molecule has 0 aliphatic heterocycles. The zero-order valence-corrected chi connectivity index (χ0v) is 70.0. The van der Waals surface area contributed by atoms with Crippen LogP contribution in [0.3, 0.4) is 0 Å². The van der Waals surface area contributed by atoms with Crippen LogP contribution in [0.5, 0.6) is 0 Å². The third kappa shape index (κ3) is 62.7. The van der Waals surface area contributed by atoms with Gasteiger partial charge in [-0.25, -0.2) is 0 Å². The van der Waals surface area contributed by atoms with Gasteiger partial charge in [0.05, 0.1) is 0 Å². The Bertz CT molecular complexity index is 3390. The van der Waals surface area contributed by atoms with Crippen molar-refractivity contribution in [3.63, 3.8) is 0 Å². The molecule has 0 bridgehead atoms. The summed E-state index contributed by atoms with van der Waals surface area (Å²) in [5.41, 5.74) is 19.8. The van der Waals surface area contributed by atoms with Gasteiger partial charge in [0, 0.05) is 19.5 Å². The van der Waals surface area contributed by atoms with Gasteiger partial charge in [-0.1, -0.05) is 473 Å². The Morgan fingerprint density at radius 3 is 0.851 bits per heavy atom. The first kappa shape index (κ1) is 159. The number of hydrogen-bond acceptors (Lipinski definition) is 4. The van der Waals surface area contributed by atoms with Gasteiger partial charge in [-0.2, -0.15) is 0 Å². The summed E-state index contributed by atoms with van der Waals surface area (Å²) < 4.78 is 13.1. The zero-order valence-electron chi connectivity index (χ0n) is 66.5. The molecule has 4 nitrogen and oxygen atoms in total. The molecule has 1 fully saturated rings. The first-order chi connectivity index (χ1) is 49.1. The van der Waals surface area contributed by atoms with E-state index in [9.17, 15) is 0 Å². The van der Waals surface area contributed by atoms with Crippen molar-refractivity contribution in [1.82, 2.24) is 9.80 Å². The molecule has 9 rings (SSSR count). The van der Waals surface area contributed by atoms with Crippen molar-refractivity contribution in [2.45, 2.75) is 346 Å². The molecule has 0 amide bonds. The summed E-state index contributed by atoms with van der Waals surface area (Å²) in [6.07, 6.45) is 17.9. The van der Waals surface area contributed by atoms with Crippen LogP contribution in [0.25, 0.3) is 18.2 Å². The van der Waals surface area contributed by atoms with E-state index in [1.54, 1.807) is 7.11 Å². The zero-order chi connectivity index (χ0) is 75.8. The minimum absolute atomic E-state index is 0. The standard InChI is InChI=1S/C26H39N.C23H31Cl.C22H28.C10H10.C8H8.C3H9N.C2H5ClO.18CH4.BH2OP.ClH/c1-7-20(4)24-14-16-25(17-15-24)21(5)18-23(8-2)26-12-10-22(11-13-26)19-27(6)9-3;1-5-17(3)21-11-13-22(14-12-21)18(4)15-20(6-2)23-9-7-19(16-24)8-10-23;1-4-17(2)19-10-12-20(13-11-19)18(3)16-22(14-15-22)21-8-6-5-7-9-21;1-3-9-5-7-10(4-2)8-6-9;1-2-8-6-4-3-5-7-8;1-4(2)3;1-4-2-3;;;;;;;;;;;;;;;;;;;2-1-3;/h10-17,20-21,23H,7-9,18-19H2,1-6H3;7-14,17-18,20H,5-6,15-16H2,1-4H3;5-13,17-18H,4,14-16H2,1-3H3;3-8H,1-2H2;2-7H,1H2;1-3H3;2H2,1H3;18*1H4;3H2;1H. The van der Waals surface area contributed by atoms with E-state index in [1.165, 1.54) is 131 Å². The number of alkyl halides is 2. The maximum atomic E-state index is 8.77. The molecule has 1 saturated carbocycles. The molecule has 1 aliphatic carbocycles. The monoisotopic (exact) mass is 1760 g/mol. The molecule has 121 heavy (non-hydrogen) atoms. The topological polar surface area (TPSA) is 32.8 Å². The van der Waals surface area contributed by atoms with Crippen LogP contribution >= 0.6 is 44.7 Å². The van der Waals surface area contributed by atoms with E-state index in [4.69, 9.17) is 27.9 Å². The van der Waals surface area contributed by atoms with Gasteiger partial charge in [0.1, 0.15) is 6.07 Å². The van der Waals surface area contributed by atoms with Gasteiger partial charge in [-0.15, -0.1) is 24.0 Å². The molecular formula is C112H205BCl3N2O2P. The number of halogens is 3. The summed E-state index contributed by atoms with van der Waals surface area (Å²) in [5.74, 6) is 5.61. The van der Waals surface area contributed by atoms with E-state index in [2.05, 4.69) is 271 Å². The minimum atomic E-state index is 0. The second-order valence-corrected chi connectivity index (χ2v) is 28.9. The summed E-state index contributed by atoms with van der Waals surface area (Å²) in [6, 6.07) is 75.7. The van der Waals surface area contributed by atoms with E-state index in [0.29, 0.717) is 71.6 Å². The van der Waals surface area contributed by atoms with Crippen LogP contribution in [0.2, 0.25) is 0 Å². The van der Waals surface area contributed by atoms with Crippen molar-refractivity contribution in [1.29, 1.82) is 0 Å². The Hall–Kier alpha value is -5.98. The predicted molar refractivity (Wildman–Crippen MR) is 587 cm³/mol. The second-order valence-electron chi connectivity index (χ2n) is 28.2. The van der Waals surface area contributed by atoms with Gasteiger partial charge < -0.3 is 14.5 Å². The van der Waals surface area contributed by atoms with Crippen molar-refractivity contribution >= 4 is 69.8 Å². The van der Waals surface area contributed by atoms with Crippen molar-refractivity contribution in [3.05, 3.63) is 304 Å². The molecule has 9 unspecified atom stereocenters. The number of benzene rings is 8. The number of ether oxygens (including phenoxy) is 1. The molecule has 8 aromatic carbocycles. The van der Waals surface area contributed by atoms with Crippen LogP contribution in [0.1, 0.15) is 406 Å². The van der Waals surface area contributed by atoms with Gasteiger partial charge in [0.2, 0.25) is 0 Å². The fraction of sp³-hybridized carbons (Fsp3) is 0.518. The molecule has 0 saturated heterocycles. The fourth-order valence-corrected chi connectivity index (χ4v) is 12.4. The van der Waals surface area contributed by atoms with Crippen molar-refractivity contribution < 1.29 is 9.44 Å². The van der Waals surface area contributed by atoms with Crippen molar-refractivity contribution in [2.75, 3.05) is 47.9 Å². The summed E-state index contributed by atoms with van der Waals surface area (Å²) in [7, 11) is 11.6. The van der Waals surface area contributed by atoms with Crippen LogP contribution in [0, 0.1) is 0 Å². The van der Waals surface area contributed by atoms with Crippen LogP contribution in [0.15, 0.2) is 226 Å². The second kappa shape index (κ2) is 93.2. The molecule has 0 aromatic heterocycles. The molecule has 1 aliphatic rings. The van der Waals surface area contributed by atoms with Gasteiger partial charge in [0.25, 0.3) is 0 Å². The Balaban J connectivity index is -0.0000000661. The average Bonchev–Trinajstić information content (AvgIpc) is 1.62. The van der Waals surface area contributed by atoms with Gasteiger partial charge in [0.15, 0.2) is 0 Å². The van der Waals surface area contributed by atoms with E-state index in [0.717, 1.165) is 24.2 Å². The van der Waals surface area contributed by atoms with Gasteiger partial charge >= 0.3 is 20.7 Å². The molecule has 9 atom stereocenters. The number of hydrogen-bond donors (Lipinski definition) is 0. The van der Waals surface area contributed by atoms with Gasteiger partial charge in [-0.3, -0.25) is 0 Å². The van der Waals surface area contributed by atoms with E-state index < -0.39 is 0 Å². The normalized spacial score (nSPS) is 11.6. The van der Waals surface area contributed by atoms with Crippen molar-refractivity contribution in [3.8, 4) is 0 Å². The number of nitrogens with zero attached hydrogens (tertiary/aromatic N) is 2. The summed E-state index contributed by atoms with van der Waals surface area (Å²) in [5, 5.41) is 0. The molecule has 0 radical (unpaired) electrons. The molecular weight excluding hydrogens is 1550 g/mol. The maximum absolute atomic E-state index is 8.77. The molecule has 9 heteroatoms. The van der Waals surface area contributed by atoms with E-state index >= 15 is 0 Å². The fourth-order valence-electron chi connectivity index (χ4n) is 12.2. The Morgan fingerprint density at radius 1 is 0.388 bits per heavy atom. The van der Waals surface area contributed by atoms with Crippen LogP contribution < -0.4 is 0 Å². The Morgan fingerprint density at radius 2 is 0.628 bits per heavy atom. The SMILES string of the molecule is C.C.C.C.C.C.C.C.C.C.C.C.C.C.C.C.C.C.C=Cc1ccc(C=C)cc1.C=Cc1ccccc1.CCC(C)c1ccc(C(C)CC(CC)c2ccc(CCl)cc2)cc1.CCC(C)c1ccc(C(C)CC(CC)c2ccc(CN(C)CC)cc2)cc1.CCC(C)c1ccc(C(C)CC2(c3ccccc3)CC2)cc1.CN(C)C.COCCl.Cl.O=BP. The predicted octanol–water partition coefficient (Wildman–Crippen LogP) is 39.4. The van der Waals surface area contributed by atoms with E-state index in [-0.39, 0.29) is 146 Å². The van der Waals surface area contributed by atoms with Gasteiger partial charge in [-0.05, 0) is 230 Å². The summed E-state index contributed by atoms with van der Waals surface area (Å²) in [6.45, 7) is 41.4.